The Morgan fingerprint density at radius 3 is 1.12 bits per heavy atom. The Labute approximate surface area is 473 Å². The van der Waals surface area contributed by atoms with Crippen molar-refractivity contribution in [3.05, 3.63) is 109 Å². The number of ether oxygens (including phenoxy) is 4. The number of likely N-dealkylation sites (N-methyl/N-ethyl adjacent to an activating group) is 1. The number of aliphatic carboxylic acids is 1. The lowest BCUT2D eigenvalue weighted by atomic mass is 10.0. The van der Waals surface area contributed by atoms with Crippen molar-refractivity contribution in [2.45, 2.75) is 257 Å². The number of carboxylic acids is 1. The molecule has 0 aromatic carbocycles. The van der Waals surface area contributed by atoms with Crippen molar-refractivity contribution in [3.63, 3.8) is 0 Å². The van der Waals surface area contributed by atoms with E-state index >= 15 is 0 Å². The fraction of sp³-hybridized carbons (Fsp3) is 0.691. The van der Waals surface area contributed by atoms with E-state index in [1.54, 1.807) is 0 Å². The van der Waals surface area contributed by atoms with Gasteiger partial charge in [-0.2, -0.15) is 0 Å². The summed E-state index contributed by atoms with van der Waals surface area (Å²) < 4.78 is 22.7. The van der Waals surface area contributed by atoms with E-state index < -0.39 is 24.3 Å². The molecule has 0 spiro atoms. The summed E-state index contributed by atoms with van der Waals surface area (Å²) >= 11 is 0. The minimum atomic E-state index is -1.64. The van der Waals surface area contributed by atoms with E-state index in [4.69, 9.17) is 18.9 Å². The van der Waals surface area contributed by atoms with E-state index in [1.807, 2.05) is 21.1 Å². The molecule has 0 fully saturated rings. The van der Waals surface area contributed by atoms with Gasteiger partial charge in [0.2, 0.25) is 0 Å². The maximum atomic E-state index is 12.9. The van der Waals surface area contributed by atoms with Gasteiger partial charge in [-0.3, -0.25) is 9.59 Å². The van der Waals surface area contributed by atoms with Gasteiger partial charge in [0.05, 0.1) is 40.3 Å². The van der Waals surface area contributed by atoms with Gasteiger partial charge in [0.25, 0.3) is 0 Å². The molecule has 0 radical (unpaired) electrons. The summed E-state index contributed by atoms with van der Waals surface area (Å²) in [4.78, 5) is 37.4. The lowest BCUT2D eigenvalue weighted by molar-refractivity contribution is -0.870. The molecule has 2 unspecified atom stereocenters. The summed E-state index contributed by atoms with van der Waals surface area (Å²) in [6.07, 6.45) is 77.1. The predicted molar refractivity (Wildman–Crippen MR) is 324 cm³/mol. The monoisotopic (exact) mass is 1070 g/mol. The van der Waals surface area contributed by atoms with Crippen LogP contribution in [0.15, 0.2) is 109 Å². The molecule has 0 aromatic heterocycles. The molecule has 0 saturated heterocycles. The first-order chi connectivity index (χ1) is 37.6. The molecule has 0 aliphatic heterocycles. The summed E-state index contributed by atoms with van der Waals surface area (Å²) in [6.45, 7) is 4.61. The van der Waals surface area contributed by atoms with Gasteiger partial charge in [-0.05, 0) is 103 Å². The zero-order valence-electron chi connectivity index (χ0n) is 50.0. The van der Waals surface area contributed by atoms with Crippen LogP contribution in [-0.2, 0) is 33.3 Å². The number of quaternary nitrogens is 1. The number of nitrogens with zero attached hydrogens (tertiary/aromatic N) is 1. The highest BCUT2D eigenvalue weighted by atomic mass is 16.7. The zero-order valence-corrected chi connectivity index (χ0v) is 50.0. The molecule has 0 N–H and O–H groups in total. The topological polar surface area (TPSA) is 111 Å². The van der Waals surface area contributed by atoms with E-state index in [-0.39, 0.29) is 38.6 Å². The zero-order chi connectivity index (χ0) is 56.2. The second-order valence-corrected chi connectivity index (χ2v) is 21.6. The minimum Gasteiger partial charge on any atom is -0.545 e. The van der Waals surface area contributed by atoms with Crippen molar-refractivity contribution in [1.82, 2.24) is 0 Å². The normalized spacial score (nSPS) is 13.5. The van der Waals surface area contributed by atoms with Crippen molar-refractivity contribution >= 4 is 17.9 Å². The number of hydrogen-bond acceptors (Lipinski definition) is 8. The Bertz CT molecular complexity index is 1630. The van der Waals surface area contributed by atoms with Crippen LogP contribution in [0.3, 0.4) is 0 Å². The number of unbranched alkanes of at least 4 members (excludes halogenated alkanes) is 23. The molecule has 0 saturated carbocycles. The van der Waals surface area contributed by atoms with Crippen molar-refractivity contribution in [3.8, 4) is 0 Å². The molecule has 0 aliphatic carbocycles. The van der Waals surface area contributed by atoms with Crippen LogP contribution < -0.4 is 5.11 Å². The lowest BCUT2D eigenvalue weighted by Gasteiger charge is -2.26. The quantitative estimate of drug-likeness (QED) is 0.0195. The van der Waals surface area contributed by atoms with E-state index in [0.29, 0.717) is 17.4 Å². The summed E-state index contributed by atoms with van der Waals surface area (Å²) in [6, 6.07) is 0. The van der Waals surface area contributed by atoms with Gasteiger partial charge < -0.3 is 33.3 Å². The number of allylic oxidation sites excluding steroid dienone is 18. The second-order valence-electron chi connectivity index (χ2n) is 21.6. The van der Waals surface area contributed by atoms with Crippen molar-refractivity contribution in [2.24, 2.45) is 0 Å². The molecular formula is C68H115NO8. The number of rotatable bonds is 56. The molecule has 0 aromatic rings. The van der Waals surface area contributed by atoms with Gasteiger partial charge in [0, 0.05) is 12.8 Å². The lowest BCUT2D eigenvalue weighted by Crippen LogP contribution is -2.44. The highest BCUT2D eigenvalue weighted by Crippen LogP contribution is 2.15. The van der Waals surface area contributed by atoms with E-state index in [2.05, 4.69) is 123 Å². The van der Waals surface area contributed by atoms with E-state index in [1.165, 1.54) is 116 Å². The van der Waals surface area contributed by atoms with Crippen LogP contribution >= 0.6 is 0 Å². The third-order valence-corrected chi connectivity index (χ3v) is 13.0. The van der Waals surface area contributed by atoms with Crippen LogP contribution in [0, 0.1) is 0 Å². The Balaban J connectivity index is 4.31. The SMILES string of the molecule is CC/C=C\C/C=C\C/C=C\C/C=C\C/C=C\C/C=C\C/C=C\C/C=C\CCCCCCC(=O)OC(COC(=O)CCCCCCCCCCCCC/C=C\CCCCCCCCCC)COC(OCC[N+](C)(C)C)C(=O)[O-]. The van der Waals surface area contributed by atoms with Crippen molar-refractivity contribution in [2.75, 3.05) is 47.5 Å². The predicted octanol–water partition coefficient (Wildman–Crippen LogP) is 17.3. The minimum absolute atomic E-state index is 0.137. The summed E-state index contributed by atoms with van der Waals surface area (Å²) in [5, 5.41) is 11.8. The third-order valence-electron chi connectivity index (χ3n) is 13.0. The summed E-state index contributed by atoms with van der Waals surface area (Å²) in [7, 11) is 5.91. The first-order valence-electron chi connectivity index (χ1n) is 31.0. The van der Waals surface area contributed by atoms with E-state index in [0.717, 1.165) is 96.3 Å². The maximum absolute atomic E-state index is 12.9. The number of carboxylic acid groups (broad SMARTS) is 1. The van der Waals surface area contributed by atoms with Gasteiger partial charge in [-0.1, -0.05) is 239 Å². The summed E-state index contributed by atoms with van der Waals surface area (Å²) in [5.74, 6) is -2.32. The van der Waals surface area contributed by atoms with E-state index in [9.17, 15) is 19.5 Å². The molecule has 0 heterocycles. The Hall–Kier alpha value is -4.05. The smallest absolute Gasteiger partial charge is 0.306 e. The molecule has 9 heteroatoms. The molecule has 2 atom stereocenters. The number of carbonyl (C=O) groups is 3. The number of hydrogen-bond donors (Lipinski definition) is 0. The van der Waals surface area contributed by atoms with Crippen LogP contribution in [0.25, 0.3) is 0 Å². The van der Waals surface area contributed by atoms with Crippen LogP contribution in [0.5, 0.6) is 0 Å². The second kappa shape index (κ2) is 58.1. The highest BCUT2D eigenvalue weighted by molar-refractivity contribution is 5.70. The average molecular weight is 1070 g/mol. The maximum Gasteiger partial charge on any atom is 0.306 e. The third kappa shape index (κ3) is 59.5. The van der Waals surface area contributed by atoms with Gasteiger partial charge in [-0.25, -0.2) is 0 Å². The molecular weight excluding hydrogens is 959 g/mol. The standard InChI is InChI=1S/C68H115NO8/c1-6-8-10-12-14-16-18-20-22-24-26-28-30-31-32-33-34-35-37-39-41-43-45-47-49-51-53-55-57-59-66(71)77-64(63-76-68(67(72)73)74-61-60-69(3,4)5)62-75-65(70)58-56-54-52-50-48-46-44-42-40-38-36-29-27-25-23-21-19-17-15-13-11-9-7-2/h8,10,14,16,20,22,25-28,31-32,34-35,39,41,45,47,64,68H,6-7,9,11-13,15,17-19,21,23-24,29-30,33,36-38,40,42-44,46,48-63H2,1-5H3/b10-8-,16-14-,22-20-,27-25-,28-26-,32-31-,35-34-,41-39-,47-45-. The molecule has 0 rings (SSSR count). The van der Waals surface area contributed by atoms with Crippen molar-refractivity contribution < 1.29 is 42.9 Å². The molecule has 0 bridgehead atoms. The Morgan fingerprint density at radius 2 is 0.740 bits per heavy atom. The van der Waals surface area contributed by atoms with Gasteiger partial charge >= 0.3 is 11.9 Å². The van der Waals surface area contributed by atoms with Gasteiger partial charge in [0.15, 0.2) is 12.4 Å². The number of carbonyl (C=O) groups excluding carboxylic acids is 3. The molecule has 9 nitrogen and oxygen atoms in total. The molecule has 0 aliphatic rings. The first-order valence-corrected chi connectivity index (χ1v) is 31.0. The number of esters is 2. The fourth-order valence-electron chi connectivity index (χ4n) is 8.25. The largest absolute Gasteiger partial charge is 0.545 e. The van der Waals surface area contributed by atoms with Crippen LogP contribution in [0.2, 0.25) is 0 Å². The first kappa shape index (κ1) is 73.0. The van der Waals surface area contributed by atoms with Crippen LogP contribution in [0.4, 0.5) is 0 Å². The Kier molecular flexibility index (Phi) is 55.1. The van der Waals surface area contributed by atoms with Crippen molar-refractivity contribution in [1.29, 1.82) is 0 Å². The highest BCUT2D eigenvalue weighted by Gasteiger charge is 2.22. The summed E-state index contributed by atoms with van der Waals surface area (Å²) in [5.41, 5.74) is 0. The molecule has 0 amide bonds. The average Bonchev–Trinajstić information content (AvgIpc) is 3.40. The van der Waals surface area contributed by atoms with Gasteiger partial charge in [0.1, 0.15) is 13.2 Å². The molecule has 440 valence electrons. The fourth-order valence-corrected chi connectivity index (χ4v) is 8.25. The van der Waals surface area contributed by atoms with Crippen LogP contribution in [-0.4, -0.2) is 82.3 Å². The van der Waals surface area contributed by atoms with Crippen LogP contribution in [0.1, 0.15) is 245 Å². The van der Waals surface area contributed by atoms with Gasteiger partial charge in [-0.15, -0.1) is 0 Å². The molecule has 77 heavy (non-hydrogen) atoms. The Morgan fingerprint density at radius 1 is 0.403 bits per heavy atom.